The summed E-state index contributed by atoms with van der Waals surface area (Å²) in [6, 6.07) is 6.89. The van der Waals surface area contributed by atoms with Crippen molar-refractivity contribution in [1.29, 1.82) is 0 Å². The van der Waals surface area contributed by atoms with Gasteiger partial charge < -0.3 is 34.5 Å². The van der Waals surface area contributed by atoms with E-state index in [1.807, 2.05) is 0 Å². The number of likely N-dealkylation sites (tertiary alicyclic amines) is 1. The normalized spacial score (nSPS) is 48.2. The fourth-order valence-electron chi connectivity index (χ4n) is 11.6. The second kappa shape index (κ2) is 9.46. The lowest BCUT2D eigenvalue weighted by Gasteiger charge is -2.70. The Bertz CT molecular complexity index is 1290. The molecule has 7 rings (SSSR count). The first-order chi connectivity index (χ1) is 20.1. The molecule has 1 spiro atoms. The Morgan fingerprint density at radius 1 is 1.07 bits per heavy atom. The number of aliphatic hydroxyl groups is 2. The van der Waals surface area contributed by atoms with Crippen LogP contribution in [0, 0.1) is 29.1 Å². The Balaban J connectivity index is 1.38. The number of anilines is 1. The third-order valence-corrected chi connectivity index (χ3v) is 12.6. The molecule has 7 bridgehead atoms. The lowest BCUT2D eigenvalue weighted by molar-refractivity contribution is -0.337. The molecule has 1 unspecified atom stereocenters. The standard InChI is InChI=1S/C32H44N2O8/c1-6-34-16-29(42-28(36)18-9-7-8-10-21(18)33-17(2)35)12-11-25(40-4)31-23(29)14-20(26(31)34)30(37)15-22(39-3)19-13-24(31)32(30,38)27(19)41-5/h7-10,19-20,22-27,37-38H,6,11-16H2,1-5H3,(H,33,35)/t19-,20+,22+,23-,24+,25+,26?,27+,29-,30+,31+,32+/m1/s1. The number of hydrogen-bond donors (Lipinski definition) is 3. The van der Waals surface area contributed by atoms with Crippen LogP contribution in [0.3, 0.4) is 0 Å². The summed E-state index contributed by atoms with van der Waals surface area (Å²) in [5.41, 5.74) is -3.57. The van der Waals surface area contributed by atoms with Gasteiger partial charge in [-0.15, -0.1) is 0 Å². The van der Waals surface area contributed by atoms with E-state index in [9.17, 15) is 19.8 Å². The van der Waals surface area contributed by atoms with Gasteiger partial charge in [0.1, 0.15) is 16.8 Å². The maximum absolute atomic E-state index is 14.0. The fourth-order valence-corrected chi connectivity index (χ4v) is 11.6. The summed E-state index contributed by atoms with van der Waals surface area (Å²) in [7, 11) is 5.05. The number of fused-ring (bicyclic) bond motifs is 2. The van der Waals surface area contributed by atoms with Gasteiger partial charge in [-0.1, -0.05) is 19.1 Å². The van der Waals surface area contributed by atoms with Crippen molar-refractivity contribution < 1.29 is 38.7 Å². The Hall–Kier alpha value is -2.08. The summed E-state index contributed by atoms with van der Waals surface area (Å²) in [5.74, 6) is -1.54. The van der Waals surface area contributed by atoms with Crippen LogP contribution < -0.4 is 5.32 Å². The number of rotatable bonds is 7. The highest BCUT2D eigenvalue weighted by Crippen LogP contribution is 2.79. The van der Waals surface area contributed by atoms with Crippen molar-refractivity contribution in [3.8, 4) is 0 Å². The molecule has 12 atom stereocenters. The number of carbonyl (C=O) groups is 2. The average Bonchev–Trinajstić information content (AvgIpc) is 3.39. The number of nitrogens with zero attached hydrogens (tertiary/aromatic N) is 1. The molecule has 0 radical (unpaired) electrons. The minimum absolute atomic E-state index is 0.0432. The summed E-state index contributed by atoms with van der Waals surface area (Å²) in [4.78, 5) is 28.3. The van der Waals surface area contributed by atoms with Crippen LogP contribution in [-0.2, 0) is 23.7 Å². The van der Waals surface area contributed by atoms with Crippen molar-refractivity contribution in [2.45, 2.75) is 87.1 Å². The third kappa shape index (κ3) is 3.21. The van der Waals surface area contributed by atoms with Gasteiger partial charge in [-0.2, -0.15) is 0 Å². The van der Waals surface area contributed by atoms with Crippen molar-refractivity contribution >= 4 is 17.6 Å². The number of esters is 1. The van der Waals surface area contributed by atoms with Gasteiger partial charge in [-0.3, -0.25) is 9.69 Å². The molecule has 5 aliphatic carbocycles. The van der Waals surface area contributed by atoms with E-state index < -0.39 is 34.3 Å². The molecule has 6 fully saturated rings. The van der Waals surface area contributed by atoms with Crippen LogP contribution in [-0.4, -0.2) is 103 Å². The van der Waals surface area contributed by atoms with Gasteiger partial charge in [0.05, 0.1) is 29.6 Å². The van der Waals surface area contributed by atoms with Gasteiger partial charge in [0.15, 0.2) is 0 Å². The number of para-hydroxylation sites is 1. The molecule has 5 saturated carbocycles. The number of amides is 1. The van der Waals surface area contributed by atoms with Crippen LogP contribution in [0.25, 0.3) is 0 Å². The minimum atomic E-state index is -1.48. The molecule has 42 heavy (non-hydrogen) atoms. The summed E-state index contributed by atoms with van der Waals surface area (Å²) < 4.78 is 25.1. The van der Waals surface area contributed by atoms with E-state index in [0.717, 1.165) is 0 Å². The first kappa shape index (κ1) is 28.7. The zero-order valence-electron chi connectivity index (χ0n) is 25.2. The zero-order chi connectivity index (χ0) is 29.8. The molecule has 1 saturated heterocycles. The molecule has 1 amide bonds. The van der Waals surface area contributed by atoms with Crippen molar-refractivity contribution in [3.63, 3.8) is 0 Å². The molecule has 1 heterocycles. The van der Waals surface area contributed by atoms with Crippen molar-refractivity contribution in [2.75, 3.05) is 39.7 Å². The molecular weight excluding hydrogens is 540 g/mol. The Morgan fingerprint density at radius 2 is 1.83 bits per heavy atom. The third-order valence-electron chi connectivity index (χ3n) is 12.6. The first-order valence-corrected chi connectivity index (χ1v) is 15.4. The van der Waals surface area contributed by atoms with E-state index in [0.29, 0.717) is 56.4 Å². The Labute approximate surface area is 247 Å². The van der Waals surface area contributed by atoms with Crippen LogP contribution in [0.15, 0.2) is 24.3 Å². The van der Waals surface area contributed by atoms with Crippen LogP contribution in [0.1, 0.15) is 56.3 Å². The number of likely N-dealkylation sites (N-methyl/N-ethyl adjacent to an activating group) is 1. The Kier molecular flexibility index (Phi) is 6.46. The SMILES string of the molecule is CCN1C[C@]2(OC(=O)c3ccccc3NC(C)=O)CC[C@H](OC)[C@]34C1[C@H](C[C@H]23)[C@@]1(O)C[C@H](OC)[C@H]2C[C@@H]4[C@]1(O)[C@H]2OC. The number of hydrogen-bond acceptors (Lipinski definition) is 9. The number of benzene rings is 1. The molecule has 230 valence electrons. The highest BCUT2D eigenvalue weighted by molar-refractivity contribution is 6.00. The predicted molar refractivity (Wildman–Crippen MR) is 152 cm³/mol. The molecule has 0 aromatic heterocycles. The summed E-state index contributed by atoms with van der Waals surface area (Å²) >= 11 is 0. The van der Waals surface area contributed by atoms with E-state index in [1.165, 1.54) is 6.92 Å². The number of methoxy groups -OCH3 is 3. The highest BCUT2D eigenvalue weighted by Gasteiger charge is 2.89. The summed E-state index contributed by atoms with van der Waals surface area (Å²) in [6.45, 7) is 4.79. The van der Waals surface area contributed by atoms with Crippen LogP contribution >= 0.6 is 0 Å². The van der Waals surface area contributed by atoms with E-state index in [1.54, 1.807) is 45.6 Å². The van der Waals surface area contributed by atoms with Gasteiger partial charge in [-0.05, 0) is 44.4 Å². The largest absolute Gasteiger partial charge is 0.454 e. The molecular formula is C32H44N2O8. The van der Waals surface area contributed by atoms with E-state index in [4.69, 9.17) is 18.9 Å². The summed E-state index contributed by atoms with van der Waals surface area (Å²) in [5, 5.41) is 28.4. The topological polar surface area (TPSA) is 127 Å². The van der Waals surface area contributed by atoms with Crippen LogP contribution in [0.4, 0.5) is 5.69 Å². The van der Waals surface area contributed by atoms with Gasteiger partial charge in [0.25, 0.3) is 0 Å². The minimum Gasteiger partial charge on any atom is -0.454 e. The second-order valence-electron chi connectivity index (χ2n) is 13.7. The Morgan fingerprint density at radius 3 is 2.50 bits per heavy atom. The van der Waals surface area contributed by atoms with E-state index >= 15 is 0 Å². The van der Waals surface area contributed by atoms with Gasteiger partial charge in [-0.25, -0.2) is 4.79 Å². The predicted octanol–water partition coefficient (Wildman–Crippen LogP) is 2.22. The van der Waals surface area contributed by atoms with Crippen LogP contribution in [0.2, 0.25) is 0 Å². The van der Waals surface area contributed by atoms with E-state index in [2.05, 4.69) is 17.1 Å². The summed E-state index contributed by atoms with van der Waals surface area (Å²) in [6.07, 6.45) is 1.91. The smallest absolute Gasteiger partial charge is 0.340 e. The number of piperidine rings is 1. The molecule has 1 aliphatic heterocycles. The van der Waals surface area contributed by atoms with Gasteiger partial charge in [0, 0.05) is 76.3 Å². The van der Waals surface area contributed by atoms with Crippen molar-refractivity contribution in [1.82, 2.24) is 4.90 Å². The molecule has 10 nitrogen and oxygen atoms in total. The first-order valence-electron chi connectivity index (χ1n) is 15.4. The van der Waals surface area contributed by atoms with Crippen molar-refractivity contribution in [3.05, 3.63) is 29.8 Å². The molecule has 1 aromatic rings. The monoisotopic (exact) mass is 584 g/mol. The molecule has 10 heteroatoms. The molecule has 3 N–H and O–H groups in total. The zero-order valence-corrected chi connectivity index (χ0v) is 25.2. The van der Waals surface area contributed by atoms with E-state index in [-0.39, 0.29) is 47.8 Å². The maximum Gasteiger partial charge on any atom is 0.340 e. The molecule has 6 aliphatic rings. The van der Waals surface area contributed by atoms with Gasteiger partial charge >= 0.3 is 5.97 Å². The van der Waals surface area contributed by atoms with Gasteiger partial charge in [0.2, 0.25) is 5.91 Å². The van der Waals surface area contributed by atoms with Crippen LogP contribution in [0.5, 0.6) is 0 Å². The lowest BCUT2D eigenvalue weighted by atomic mass is 9.44. The maximum atomic E-state index is 14.0. The number of ether oxygens (including phenoxy) is 4. The number of carbonyl (C=O) groups excluding carboxylic acids is 2. The second-order valence-corrected chi connectivity index (χ2v) is 13.7. The quantitative estimate of drug-likeness (QED) is 0.414. The average molecular weight is 585 g/mol. The fraction of sp³-hybridized carbons (Fsp3) is 0.750. The van der Waals surface area contributed by atoms with Crippen molar-refractivity contribution in [2.24, 2.45) is 29.1 Å². The molecule has 1 aromatic carbocycles. The lowest BCUT2D eigenvalue weighted by Crippen LogP contribution is -2.83. The number of nitrogens with one attached hydrogen (secondary N) is 1. The highest BCUT2D eigenvalue weighted by atomic mass is 16.6.